The van der Waals surface area contributed by atoms with Crippen molar-refractivity contribution in [3.05, 3.63) is 54.1 Å². The van der Waals surface area contributed by atoms with E-state index in [4.69, 9.17) is 33.8 Å². The molecule has 0 unspecified atom stereocenters. The Labute approximate surface area is 726 Å². The molecule has 0 aliphatic rings. The van der Waals surface area contributed by atoms with Crippen molar-refractivity contribution in [2.75, 3.05) is 46.1 Å². The number of aliphatic hydroxyl groups excluding tert-OH is 6. The van der Waals surface area contributed by atoms with Gasteiger partial charge in [-0.15, -0.1) is 0 Å². The van der Waals surface area contributed by atoms with Crippen LogP contribution < -0.4 is 113 Å². The Kier molecular flexibility index (Phi) is 48.8. The molecule has 0 bridgehead atoms. The molecule has 1 heterocycles. The summed E-state index contributed by atoms with van der Waals surface area (Å²) < 4.78 is 0. The molecule has 2 aromatic rings. The molecule has 708 valence electrons. The smallest absolute Gasteiger partial charge is 0.305 e. The van der Waals surface area contributed by atoms with Crippen LogP contribution in [-0.4, -0.2) is 329 Å². The number of benzene rings is 1. The number of carbonyl (C=O) groups excluding carboxylic acids is 16. The lowest BCUT2D eigenvalue weighted by atomic mass is 10.0. The molecule has 16 amide bonds. The van der Waals surface area contributed by atoms with Crippen molar-refractivity contribution >= 4 is 124 Å². The van der Waals surface area contributed by atoms with Crippen LogP contribution in [0.25, 0.3) is 0 Å². The lowest BCUT2D eigenvalue weighted by Crippen LogP contribution is -2.63. The van der Waals surface area contributed by atoms with E-state index in [1.54, 1.807) is 33.8 Å². The summed E-state index contributed by atoms with van der Waals surface area (Å²) in [7, 11) is 0. The van der Waals surface area contributed by atoms with Gasteiger partial charge < -0.3 is 164 Å². The molecule has 1 aromatic carbocycles. The summed E-state index contributed by atoms with van der Waals surface area (Å²) >= 11 is 0. The molecule has 0 saturated heterocycles. The number of aromatic amines is 1. The van der Waals surface area contributed by atoms with Gasteiger partial charge in [0.1, 0.15) is 84.6 Å². The summed E-state index contributed by atoms with van der Waals surface area (Å²) in [4.78, 5) is 262. The van der Waals surface area contributed by atoms with Crippen molar-refractivity contribution in [3.8, 4) is 0 Å². The Morgan fingerprint density at radius 1 is 0.394 bits per heavy atom. The van der Waals surface area contributed by atoms with Crippen LogP contribution in [0, 0.1) is 22.7 Å². The molecule has 0 aliphatic carbocycles. The van der Waals surface area contributed by atoms with Gasteiger partial charge in [0.05, 0.1) is 76.1 Å². The lowest BCUT2D eigenvalue weighted by Gasteiger charge is -2.29. The van der Waals surface area contributed by atoms with Crippen molar-refractivity contribution in [2.24, 2.45) is 34.8 Å². The van der Waals surface area contributed by atoms with Crippen LogP contribution in [0.15, 0.2) is 42.9 Å². The maximum atomic E-state index is 14.4. The molecule has 0 spiro atoms. The van der Waals surface area contributed by atoms with Gasteiger partial charge in [-0.25, -0.2) is 4.98 Å². The number of carbonyl (C=O) groups is 19. The zero-order chi connectivity index (χ0) is 96.1. The minimum absolute atomic E-state index is 0.0371. The largest absolute Gasteiger partial charge is 0.481 e. The van der Waals surface area contributed by atoms with E-state index in [0.29, 0.717) is 11.3 Å². The van der Waals surface area contributed by atoms with Crippen molar-refractivity contribution < 1.29 is 137 Å². The number of aromatic nitrogens is 2. The number of nitrogens with one attached hydrogen (secondary N) is 20. The Bertz CT molecular complexity index is 4090. The Balaban J connectivity index is 2.44. The molecular formula is C74H119N25O28. The van der Waals surface area contributed by atoms with Gasteiger partial charge >= 0.3 is 17.9 Å². The first-order valence-electron chi connectivity index (χ1n) is 39.8. The van der Waals surface area contributed by atoms with Crippen molar-refractivity contribution in [3.63, 3.8) is 0 Å². The molecule has 1 aromatic heterocycles. The highest BCUT2D eigenvalue weighted by molar-refractivity contribution is 6.02. The van der Waals surface area contributed by atoms with Gasteiger partial charge in [0.15, 0.2) is 11.9 Å². The van der Waals surface area contributed by atoms with E-state index in [-0.39, 0.29) is 58.0 Å². The van der Waals surface area contributed by atoms with Gasteiger partial charge in [-0.1, -0.05) is 58.0 Å². The molecule has 0 radical (unpaired) electrons. The second-order valence-corrected chi connectivity index (χ2v) is 30.0. The number of hydrogen-bond donors (Lipinski definition) is 33. The van der Waals surface area contributed by atoms with Crippen molar-refractivity contribution in [1.29, 1.82) is 10.8 Å². The number of primary amides is 1. The minimum Gasteiger partial charge on any atom is -0.481 e. The topological polar surface area (TPSA) is 891 Å². The van der Waals surface area contributed by atoms with Gasteiger partial charge in [-0.3, -0.25) is 102 Å². The fourth-order valence-electron chi connectivity index (χ4n) is 11.7. The second kappa shape index (κ2) is 56.5. The SMILES string of the molecule is CC(C)C[C@H](NC(=O)[C@H](CCCNC(=N)N)NC(=O)[C@H](CO)NC(=O)[C@H](CC(C)C)NC(=O)[C@H](CCC(=O)O)NC(=O)[C@H](CO)NC(=O)[C@@H](NC(=O)[C@H](Cc1ccccc1)NC(=O)[C@@H](NC(=O)CNC(=O)[C@H](CC(=O)O)NC(=O)[C@H](CO)NC(=O)[C@@H](N)Cc1c[nH]cn1)[C@@H](C)O)[C@@H](C)O)C(=O)N[C@@H](CCCNC(=N)N)C(=O)N[C@@H](CC(=O)O)C(=O)N[C@@H](CO)C(N)=O. The van der Waals surface area contributed by atoms with Gasteiger partial charge in [-0.2, -0.15) is 0 Å². The molecule has 0 aliphatic heterocycles. The average molecular weight is 1810 g/mol. The van der Waals surface area contributed by atoms with Gasteiger partial charge in [-0.05, 0) is 76.2 Å². The van der Waals surface area contributed by atoms with E-state index in [2.05, 4.69) is 95.0 Å². The monoisotopic (exact) mass is 1810 g/mol. The molecule has 37 N–H and O–H groups in total. The zero-order valence-corrected chi connectivity index (χ0v) is 70.5. The Morgan fingerprint density at radius 3 is 1.13 bits per heavy atom. The number of H-pyrrole nitrogens is 1. The van der Waals surface area contributed by atoms with E-state index in [9.17, 15) is 137 Å². The summed E-state index contributed by atoms with van der Waals surface area (Å²) in [5, 5.41) is 145. The van der Waals surface area contributed by atoms with Crippen LogP contribution in [-0.2, 0) is 104 Å². The minimum atomic E-state index is -2.12. The normalized spacial score (nSPS) is 15.1. The first kappa shape index (κ1) is 110. The summed E-state index contributed by atoms with van der Waals surface area (Å²) in [6, 6.07) is -19.7. The number of nitrogens with zero attached hydrogens (tertiary/aromatic N) is 1. The molecule has 0 saturated carbocycles. The van der Waals surface area contributed by atoms with E-state index < -0.39 is 304 Å². The maximum absolute atomic E-state index is 14.4. The van der Waals surface area contributed by atoms with E-state index in [1.807, 2.05) is 5.32 Å². The van der Waals surface area contributed by atoms with E-state index in [0.717, 1.165) is 13.8 Å². The van der Waals surface area contributed by atoms with Crippen LogP contribution in [0.1, 0.15) is 117 Å². The number of hydrogen-bond acceptors (Lipinski definition) is 29. The molecule has 53 nitrogen and oxygen atoms in total. The summed E-state index contributed by atoms with van der Waals surface area (Å²) in [6.45, 7) is 2.56. The van der Waals surface area contributed by atoms with Crippen LogP contribution in [0.5, 0.6) is 0 Å². The highest BCUT2D eigenvalue weighted by Gasteiger charge is 2.40. The number of imidazole rings is 1. The average Bonchev–Trinajstić information content (AvgIpc) is 1.23. The van der Waals surface area contributed by atoms with Crippen molar-refractivity contribution in [1.82, 2.24) is 100 Å². The predicted octanol–water partition coefficient (Wildman–Crippen LogP) is -13.9. The van der Waals surface area contributed by atoms with Crippen molar-refractivity contribution in [2.45, 2.75) is 221 Å². The standard InChI is InChI=1S/C74H119N25O28/c1-33(2)20-43(64(119)86-40(14-10-18-82-73(77)78)62(117)92-47(25-55(111)112)66(121)94-48(28-100)58(76)113)89-61(116)41(15-11-19-83-74(79)80)87-68(123)50(30-102)96-65(120)44(21-34(3)4)90-63(118)42(16-17-53(107)108)88-69(124)51(31-103)97-72(127)57(36(6)105)99-67(122)45(22-37-12-8-7-9-13-37)93-71(126)56(35(5)104)98-52(106)27-84-60(115)46(24-54(109)110)91-70(125)49(29-101)95-59(114)39(75)23-38-26-81-32-85-38/h7-9,12-13,26,32-36,39-51,56-57,100-105H,10-11,14-25,27-31,75H2,1-6H3,(H2,76,113)(H,81,85)(H,84,115)(H,86,119)(H,87,123)(H,88,124)(H,89,116)(H,90,118)(H,91,125)(H,92,117)(H,93,126)(H,94,121)(H,95,114)(H,96,120)(H,97,127)(H,98,106)(H,99,122)(H,107,108)(H,109,110)(H,111,112)(H4,77,78,82)(H4,79,80,83)/t35-,36-,39+,40+,41+,42+,43+,44+,45+,46+,47+,48+,49+,50+,51+,56+,57+/m1/s1. The fourth-order valence-corrected chi connectivity index (χ4v) is 11.7. The number of amides is 16. The molecule has 2 rings (SSSR count). The quantitative estimate of drug-likeness (QED) is 0.0166. The summed E-state index contributed by atoms with van der Waals surface area (Å²) in [5.74, 6) is -26.5. The van der Waals surface area contributed by atoms with Gasteiger partial charge in [0.25, 0.3) is 0 Å². The van der Waals surface area contributed by atoms with Crippen LogP contribution in [0.2, 0.25) is 0 Å². The number of aliphatic carboxylic acids is 3. The number of nitrogens with two attached hydrogens (primary N) is 4. The number of carboxylic acids is 3. The van der Waals surface area contributed by atoms with Crippen LogP contribution in [0.3, 0.4) is 0 Å². The summed E-state index contributed by atoms with van der Waals surface area (Å²) in [6.07, 6.45) is -6.57. The number of aliphatic hydroxyl groups is 6. The van der Waals surface area contributed by atoms with E-state index in [1.165, 1.54) is 36.8 Å². The molecule has 17 atom stereocenters. The third-order valence-electron chi connectivity index (χ3n) is 18.3. The zero-order valence-electron chi connectivity index (χ0n) is 70.5. The maximum Gasteiger partial charge on any atom is 0.305 e. The number of carboxylic acid groups (broad SMARTS) is 3. The number of rotatable bonds is 60. The third-order valence-corrected chi connectivity index (χ3v) is 18.3. The predicted molar refractivity (Wildman–Crippen MR) is 440 cm³/mol. The van der Waals surface area contributed by atoms with Crippen LogP contribution >= 0.6 is 0 Å². The first-order valence-corrected chi connectivity index (χ1v) is 39.8. The molecule has 127 heavy (non-hydrogen) atoms. The van der Waals surface area contributed by atoms with Crippen LogP contribution in [0.4, 0.5) is 0 Å². The lowest BCUT2D eigenvalue weighted by molar-refractivity contribution is -0.142. The molecular weight excluding hydrogens is 1690 g/mol. The molecule has 0 fully saturated rings. The second-order valence-electron chi connectivity index (χ2n) is 30.0. The Hall–Kier alpha value is -13.4. The Morgan fingerprint density at radius 2 is 0.740 bits per heavy atom. The van der Waals surface area contributed by atoms with Gasteiger partial charge in [0, 0.05) is 38.5 Å². The fraction of sp³-hybridized carbons (Fsp3) is 0.595. The molecule has 53 heteroatoms. The summed E-state index contributed by atoms with van der Waals surface area (Å²) in [5.41, 5.74) is 22.6. The third kappa shape index (κ3) is 41.8. The first-order chi connectivity index (χ1) is 59.6. The van der Waals surface area contributed by atoms with Gasteiger partial charge in [0.2, 0.25) is 94.5 Å². The van der Waals surface area contributed by atoms with E-state index >= 15 is 0 Å². The number of guanidine groups is 2. The highest BCUT2D eigenvalue weighted by Crippen LogP contribution is 2.14. The highest BCUT2D eigenvalue weighted by atomic mass is 16.4.